The first-order valence-corrected chi connectivity index (χ1v) is 7.11. The Morgan fingerprint density at radius 1 is 0.714 bits per heavy atom. The molecule has 0 N–H and O–H groups in total. The SMILES string of the molecule is CCCCC[C@@H](S)[C@H](S)CCCCC. The summed E-state index contributed by atoms with van der Waals surface area (Å²) in [7, 11) is 0. The Bertz CT molecular complexity index is 101. The molecule has 0 aromatic heterocycles. The molecule has 2 heteroatoms. The van der Waals surface area contributed by atoms with E-state index in [4.69, 9.17) is 0 Å². The fraction of sp³-hybridized carbons (Fsp3) is 1.00. The molecule has 0 saturated heterocycles. The third-order valence-electron chi connectivity index (χ3n) is 2.65. The van der Waals surface area contributed by atoms with Crippen LogP contribution in [0.3, 0.4) is 0 Å². The predicted octanol–water partition coefficient (Wildman–Crippen LogP) is 4.74. The quantitative estimate of drug-likeness (QED) is 0.418. The fourth-order valence-electron chi connectivity index (χ4n) is 1.59. The number of hydrogen-bond donors (Lipinski definition) is 2. The zero-order valence-electron chi connectivity index (χ0n) is 9.71. The summed E-state index contributed by atoms with van der Waals surface area (Å²) in [5, 5.41) is 1.00. The minimum absolute atomic E-state index is 0.502. The summed E-state index contributed by atoms with van der Waals surface area (Å²) in [5.41, 5.74) is 0. The summed E-state index contributed by atoms with van der Waals surface area (Å²) >= 11 is 9.25. The normalized spacial score (nSPS) is 15.4. The smallest absolute Gasteiger partial charge is 0.0133 e. The van der Waals surface area contributed by atoms with Gasteiger partial charge in [0.1, 0.15) is 0 Å². The van der Waals surface area contributed by atoms with E-state index in [1.807, 2.05) is 0 Å². The molecule has 14 heavy (non-hydrogen) atoms. The van der Waals surface area contributed by atoms with E-state index >= 15 is 0 Å². The maximum atomic E-state index is 4.62. The third kappa shape index (κ3) is 8.05. The minimum Gasteiger partial charge on any atom is -0.175 e. The Balaban J connectivity index is 3.39. The van der Waals surface area contributed by atoms with Crippen LogP contribution in [0.2, 0.25) is 0 Å². The summed E-state index contributed by atoms with van der Waals surface area (Å²) in [4.78, 5) is 0. The summed E-state index contributed by atoms with van der Waals surface area (Å²) < 4.78 is 0. The van der Waals surface area contributed by atoms with Crippen LogP contribution >= 0.6 is 25.3 Å². The first-order valence-electron chi connectivity index (χ1n) is 6.08. The highest BCUT2D eigenvalue weighted by Gasteiger charge is 2.12. The van der Waals surface area contributed by atoms with Gasteiger partial charge in [0.25, 0.3) is 0 Å². The second-order valence-corrected chi connectivity index (χ2v) is 5.45. The van der Waals surface area contributed by atoms with Crippen LogP contribution in [0.1, 0.15) is 65.2 Å². The Labute approximate surface area is 101 Å². The molecule has 0 aromatic carbocycles. The first-order chi connectivity index (χ1) is 6.72. The molecule has 0 rings (SSSR count). The van der Waals surface area contributed by atoms with E-state index in [0.717, 1.165) is 0 Å². The predicted molar refractivity (Wildman–Crippen MR) is 73.8 cm³/mol. The van der Waals surface area contributed by atoms with Crippen molar-refractivity contribution < 1.29 is 0 Å². The molecule has 2 atom stereocenters. The van der Waals surface area contributed by atoms with Crippen molar-refractivity contribution in [2.75, 3.05) is 0 Å². The van der Waals surface area contributed by atoms with Crippen LogP contribution in [0, 0.1) is 0 Å². The van der Waals surface area contributed by atoms with Crippen molar-refractivity contribution in [1.29, 1.82) is 0 Å². The van der Waals surface area contributed by atoms with Gasteiger partial charge in [-0.15, -0.1) is 0 Å². The zero-order valence-corrected chi connectivity index (χ0v) is 11.5. The van der Waals surface area contributed by atoms with Crippen LogP contribution in [0.4, 0.5) is 0 Å². The van der Waals surface area contributed by atoms with Crippen molar-refractivity contribution in [2.45, 2.75) is 75.7 Å². The van der Waals surface area contributed by atoms with Crippen molar-refractivity contribution in [3.63, 3.8) is 0 Å². The van der Waals surface area contributed by atoms with E-state index < -0.39 is 0 Å². The second kappa shape index (κ2) is 10.2. The maximum Gasteiger partial charge on any atom is 0.0133 e. The second-order valence-electron chi connectivity index (χ2n) is 4.13. The molecular formula is C12H26S2. The van der Waals surface area contributed by atoms with Gasteiger partial charge in [-0.3, -0.25) is 0 Å². The molecule has 0 nitrogen and oxygen atoms in total. The van der Waals surface area contributed by atoms with Gasteiger partial charge in [0.05, 0.1) is 0 Å². The van der Waals surface area contributed by atoms with Gasteiger partial charge >= 0.3 is 0 Å². The zero-order chi connectivity index (χ0) is 10.8. The molecular weight excluding hydrogens is 208 g/mol. The lowest BCUT2D eigenvalue weighted by molar-refractivity contribution is 0.586. The maximum absolute atomic E-state index is 4.62. The highest BCUT2D eigenvalue weighted by Crippen LogP contribution is 2.21. The Morgan fingerprint density at radius 2 is 1.07 bits per heavy atom. The number of hydrogen-bond acceptors (Lipinski definition) is 2. The molecule has 86 valence electrons. The van der Waals surface area contributed by atoms with E-state index in [1.165, 1.54) is 51.4 Å². The number of thiol groups is 2. The molecule has 0 heterocycles. The Kier molecular flexibility index (Phi) is 10.7. The molecule has 0 aliphatic rings. The van der Waals surface area contributed by atoms with Crippen LogP contribution in [-0.4, -0.2) is 10.5 Å². The molecule has 0 aliphatic carbocycles. The molecule has 0 radical (unpaired) electrons. The van der Waals surface area contributed by atoms with Gasteiger partial charge in [-0.1, -0.05) is 52.4 Å². The van der Waals surface area contributed by atoms with E-state index in [-0.39, 0.29) is 0 Å². The van der Waals surface area contributed by atoms with Crippen molar-refractivity contribution >= 4 is 25.3 Å². The lowest BCUT2D eigenvalue weighted by Crippen LogP contribution is -2.15. The van der Waals surface area contributed by atoms with E-state index in [0.29, 0.717) is 10.5 Å². The van der Waals surface area contributed by atoms with Gasteiger partial charge in [-0.25, -0.2) is 0 Å². The molecule has 0 spiro atoms. The average molecular weight is 234 g/mol. The molecule has 0 aliphatic heterocycles. The topological polar surface area (TPSA) is 0 Å². The molecule has 0 saturated carbocycles. The van der Waals surface area contributed by atoms with Crippen LogP contribution < -0.4 is 0 Å². The lowest BCUT2D eigenvalue weighted by atomic mass is 10.1. The van der Waals surface area contributed by atoms with Crippen molar-refractivity contribution in [3.8, 4) is 0 Å². The van der Waals surface area contributed by atoms with E-state index in [2.05, 4.69) is 39.1 Å². The lowest BCUT2D eigenvalue weighted by Gasteiger charge is -2.17. The van der Waals surface area contributed by atoms with Gasteiger partial charge in [0.15, 0.2) is 0 Å². The summed E-state index contributed by atoms with van der Waals surface area (Å²) in [5.74, 6) is 0. The Morgan fingerprint density at radius 3 is 1.36 bits per heavy atom. The minimum atomic E-state index is 0.502. The van der Waals surface area contributed by atoms with E-state index in [9.17, 15) is 0 Å². The first kappa shape index (κ1) is 14.7. The summed E-state index contributed by atoms with van der Waals surface area (Å²) in [6.07, 6.45) is 10.4. The average Bonchev–Trinajstić information content (AvgIpc) is 2.18. The molecule has 0 unspecified atom stereocenters. The largest absolute Gasteiger partial charge is 0.175 e. The van der Waals surface area contributed by atoms with Crippen LogP contribution in [0.25, 0.3) is 0 Å². The Hall–Kier alpha value is 0.700. The van der Waals surface area contributed by atoms with Crippen molar-refractivity contribution in [1.82, 2.24) is 0 Å². The highest BCUT2D eigenvalue weighted by atomic mass is 32.1. The monoisotopic (exact) mass is 234 g/mol. The fourth-order valence-corrected chi connectivity index (χ4v) is 2.26. The number of rotatable bonds is 9. The van der Waals surface area contributed by atoms with Crippen molar-refractivity contribution in [3.05, 3.63) is 0 Å². The highest BCUT2D eigenvalue weighted by molar-refractivity contribution is 7.85. The molecule has 0 aromatic rings. The third-order valence-corrected chi connectivity index (χ3v) is 4.12. The van der Waals surface area contributed by atoms with Crippen molar-refractivity contribution in [2.24, 2.45) is 0 Å². The molecule has 0 amide bonds. The molecule has 0 bridgehead atoms. The van der Waals surface area contributed by atoms with Crippen LogP contribution in [0.5, 0.6) is 0 Å². The van der Waals surface area contributed by atoms with Gasteiger partial charge in [0, 0.05) is 10.5 Å². The van der Waals surface area contributed by atoms with Gasteiger partial charge < -0.3 is 0 Å². The summed E-state index contributed by atoms with van der Waals surface area (Å²) in [6, 6.07) is 0. The van der Waals surface area contributed by atoms with Gasteiger partial charge in [-0.2, -0.15) is 25.3 Å². The van der Waals surface area contributed by atoms with E-state index in [1.54, 1.807) is 0 Å². The number of unbranched alkanes of at least 4 members (excludes halogenated alkanes) is 4. The van der Waals surface area contributed by atoms with Gasteiger partial charge in [0.2, 0.25) is 0 Å². The van der Waals surface area contributed by atoms with Crippen LogP contribution in [0.15, 0.2) is 0 Å². The summed E-state index contributed by atoms with van der Waals surface area (Å²) in [6.45, 7) is 4.49. The van der Waals surface area contributed by atoms with Crippen LogP contribution in [-0.2, 0) is 0 Å². The molecule has 0 fully saturated rings. The standard InChI is InChI=1S/C12H26S2/c1-3-5-7-9-11(13)12(14)10-8-6-4-2/h11-14H,3-10H2,1-2H3/t11-,12-/m1/s1. The van der Waals surface area contributed by atoms with Gasteiger partial charge in [-0.05, 0) is 12.8 Å².